The number of rotatable bonds is 3. The topological polar surface area (TPSA) is 12.0 Å². The van der Waals surface area contributed by atoms with E-state index in [4.69, 9.17) is 18.0 Å². The summed E-state index contributed by atoms with van der Waals surface area (Å²) in [5.41, 5.74) is -0.306. The first-order valence-corrected chi connectivity index (χ1v) is 6.61. The van der Waals surface area contributed by atoms with Gasteiger partial charge in [0.2, 0.25) is 0 Å². The van der Waals surface area contributed by atoms with Gasteiger partial charge in [0.05, 0.1) is 10.6 Å². The highest BCUT2D eigenvalue weighted by atomic mass is 35.5. The van der Waals surface area contributed by atoms with Gasteiger partial charge in [0.15, 0.2) is 0 Å². The third-order valence-corrected chi connectivity index (χ3v) is 4.37. The molecule has 0 atom stereocenters. The number of fused-ring (bicyclic) bond motifs is 1. The van der Waals surface area contributed by atoms with E-state index in [0.717, 1.165) is 15.3 Å². The van der Waals surface area contributed by atoms with Crippen LogP contribution in [-0.4, -0.2) is 5.54 Å². The quantitative estimate of drug-likeness (QED) is 0.824. The smallest absolute Gasteiger partial charge is 0.0744 e. The fourth-order valence-electron chi connectivity index (χ4n) is 1.53. The minimum atomic E-state index is -0.306. The van der Waals surface area contributed by atoms with E-state index >= 15 is 0 Å². The number of thiophene rings is 1. The zero-order chi connectivity index (χ0) is 12.5. The first kappa shape index (κ1) is 12.4. The Balaban J connectivity index is 2.26. The molecule has 1 aromatic carbocycles. The lowest BCUT2D eigenvalue weighted by Gasteiger charge is -2.18. The summed E-state index contributed by atoms with van der Waals surface area (Å²) in [6.45, 7) is 4.66. The van der Waals surface area contributed by atoms with Crippen LogP contribution in [0.25, 0.3) is 10.1 Å². The molecule has 0 aliphatic carbocycles. The molecule has 0 unspecified atom stereocenters. The highest BCUT2D eigenvalue weighted by Crippen LogP contribution is 2.35. The third-order valence-electron chi connectivity index (χ3n) is 2.65. The van der Waals surface area contributed by atoms with Gasteiger partial charge in [-0.1, -0.05) is 35.7 Å². The minimum absolute atomic E-state index is 0.306. The number of benzene rings is 1. The molecule has 0 saturated carbocycles. The van der Waals surface area contributed by atoms with Gasteiger partial charge in [-0.15, -0.1) is 17.8 Å². The predicted molar refractivity (Wildman–Crippen MR) is 76.6 cm³/mol. The molecule has 1 N–H and O–H groups in total. The molecule has 3 heteroatoms. The van der Waals surface area contributed by atoms with Crippen molar-refractivity contribution in [1.29, 1.82) is 0 Å². The summed E-state index contributed by atoms with van der Waals surface area (Å²) >= 11 is 8.06. The molecule has 0 bridgehead atoms. The van der Waals surface area contributed by atoms with Gasteiger partial charge in [-0.2, -0.15) is 0 Å². The van der Waals surface area contributed by atoms with Crippen molar-refractivity contribution >= 4 is 33.0 Å². The number of hydrogen-bond donors (Lipinski definition) is 1. The largest absolute Gasteiger partial charge is 0.297 e. The molecular formula is C14H14ClNS. The maximum absolute atomic E-state index is 6.35. The van der Waals surface area contributed by atoms with Crippen LogP contribution in [0.2, 0.25) is 5.02 Å². The normalized spacial score (nSPS) is 11.6. The molecular weight excluding hydrogens is 250 g/mol. The molecule has 1 nitrogen and oxygen atoms in total. The molecule has 0 aliphatic rings. The Morgan fingerprint density at radius 2 is 2.12 bits per heavy atom. The second-order valence-electron chi connectivity index (χ2n) is 4.46. The summed E-state index contributed by atoms with van der Waals surface area (Å²) in [5, 5.41) is 5.28. The van der Waals surface area contributed by atoms with E-state index in [1.165, 1.54) is 4.70 Å². The van der Waals surface area contributed by atoms with Gasteiger partial charge >= 0.3 is 0 Å². The molecule has 0 radical (unpaired) electrons. The van der Waals surface area contributed by atoms with Crippen LogP contribution in [0.1, 0.15) is 18.7 Å². The van der Waals surface area contributed by atoms with Gasteiger partial charge in [-0.25, -0.2) is 0 Å². The van der Waals surface area contributed by atoms with E-state index in [-0.39, 0.29) is 5.54 Å². The third kappa shape index (κ3) is 2.63. The van der Waals surface area contributed by atoms with Crippen molar-refractivity contribution in [2.45, 2.75) is 25.9 Å². The van der Waals surface area contributed by atoms with Crippen LogP contribution in [0.15, 0.2) is 24.3 Å². The fourth-order valence-corrected chi connectivity index (χ4v) is 2.97. The fraction of sp³-hybridized carbons (Fsp3) is 0.286. The van der Waals surface area contributed by atoms with Gasteiger partial charge in [-0.05, 0) is 19.9 Å². The zero-order valence-electron chi connectivity index (χ0n) is 9.88. The first-order valence-electron chi connectivity index (χ1n) is 5.42. The molecule has 0 saturated heterocycles. The molecule has 88 valence electrons. The van der Waals surface area contributed by atoms with Crippen LogP contribution in [0.3, 0.4) is 0 Å². The molecule has 2 rings (SSSR count). The van der Waals surface area contributed by atoms with E-state index in [2.05, 4.69) is 17.3 Å². The van der Waals surface area contributed by atoms with Crippen LogP contribution in [0.5, 0.6) is 0 Å². The van der Waals surface area contributed by atoms with E-state index < -0.39 is 0 Å². The lowest BCUT2D eigenvalue weighted by Crippen LogP contribution is -2.36. The maximum atomic E-state index is 6.35. The van der Waals surface area contributed by atoms with Crippen LogP contribution >= 0.6 is 22.9 Å². The van der Waals surface area contributed by atoms with Crippen molar-refractivity contribution in [3.05, 3.63) is 34.2 Å². The number of hydrogen-bond acceptors (Lipinski definition) is 2. The molecule has 17 heavy (non-hydrogen) atoms. The van der Waals surface area contributed by atoms with Crippen LogP contribution in [0.4, 0.5) is 0 Å². The zero-order valence-corrected chi connectivity index (χ0v) is 11.5. The summed E-state index contributed by atoms with van der Waals surface area (Å²) in [6, 6.07) is 8.16. The molecule has 1 aromatic heterocycles. The van der Waals surface area contributed by atoms with Gasteiger partial charge in [0, 0.05) is 21.5 Å². The Labute approximate surface area is 111 Å². The SMILES string of the molecule is C#CC(C)(C)NCc1sc2ccccc2c1Cl. The monoisotopic (exact) mass is 263 g/mol. The van der Waals surface area contributed by atoms with Crippen molar-refractivity contribution in [2.24, 2.45) is 0 Å². The average molecular weight is 264 g/mol. The predicted octanol–water partition coefficient (Wildman–Crippen LogP) is 4.06. The van der Waals surface area contributed by atoms with Crippen molar-refractivity contribution in [3.63, 3.8) is 0 Å². The first-order chi connectivity index (χ1) is 8.03. The van der Waals surface area contributed by atoms with Crippen molar-refractivity contribution in [1.82, 2.24) is 5.32 Å². The van der Waals surface area contributed by atoms with E-state index in [0.29, 0.717) is 6.54 Å². The van der Waals surface area contributed by atoms with Crippen molar-refractivity contribution in [2.75, 3.05) is 0 Å². The number of nitrogens with one attached hydrogen (secondary N) is 1. The number of halogens is 1. The van der Waals surface area contributed by atoms with E-state index in [9.17, 15) is 0 Å². The lowest BCUT2D eigenvalue weighted by atomic mass is 10.1. The Morgan fingerprint density at radius 1 is 1.41 bits per heavy atom. The Hall–Kier alpha value is -1.01. The molecule has 1 heterocycles. The molecule has 0 amide bonds. The second kappa shape index (κ2) is 4.70. The Bertz CT molecular complexity index is 577. The van der Waals surface area contributed by atoms with Gasteiger partial charge < -0.3 is 0 Å². The van der Waals surface area contributed by atoms with E-state index in [1.807, 2.05) is 32.0 Å². The summed E-state index contributed by atoms with van der Waals surface area (Å²) in [4.78, 5) is 1.14. The summed E-state index contributed by atoms with van der Waals surface area (Å²) in [5.74, 6) is 2.72. The lowest BCUT2D eigenvalue weighted by molar-refractivity contribution is 0.494. The molecule has 0 spiro atoms. The summed E-state index contributed by atoms with van der Waals surface area (Å²) in [7, 11) is 0. The maximum Gasteiger partial charge on any atom is 0.0744 e. The standard InChI is InChI=1S/C14H14ClNS/c1-4-14(2,3)16-9-12-13(15)10-7-5-6-8-11(10)17-12/h1,5-8,16H,9H2,2-3H3. The molecule has 0 fully saturated rings. The second-order valence-corrected chi connectivity index (χ2v) is 5.97. The highest BCUT2D eigenvalue weighted by molar-refractivity contribution is 7.19. The number of terminal acetylenes is 1. The summed E-state index contributed by atoms with van der Waals surface area (Å²) in [6.07, 6.45) is 5.44. The van der Waals surface area contributed by atoms with Crippen molar-refractivity contribution in [3.8, 4) is 12.3 Å². The average Bonchev–Trinajstić information content (AvgIpc) is 2.65. The summed E-state index contributed by atoms with van der Waals surface area (Å²) < 4.78 is 1.22. The van der Waals surface area contributed by atoms with Gasteiger partial charge in [0.1, 0.15) is 0 Å². The highest BCUT2D eigenvalue weighted by Gasteiger charge is 2.15. The van der Waals surface area contributed by atoms with Crippen molar-refractivity contribution < 1.29 is 0 Å². The Morgan fingerprint density at radius 3 is 2.76 bits per heavy atom. The molecule has 2 aromatic rings. The van der Waals surface area contributed by atoms with Crippen LogP contribution in [0, 0.1) is 12.3 Å². The van der Waals surface area contributed by atoms with Crippen LogP contribution in [-0.2, 0) is 6.54 Å². The molecule has 0 aliphatic heterocycles. The minimum Gasteiger partial charge on any atom is -0.297 e. The Kier molecular flexibility index (Phi) is 3.44. The van der Waals surface area contributed by atoms with E-state index in [1.54, 1.807) is 11.3 Å². The van der Waals surface area contributed by atoms with Gasteiger partial charge in [-0.3, -0.25) is 5.32 Å². The van der Waals surface area contributed by atoms with Gasteiger partial charge in [0.25, 0.3) is 0 Å². The van der Waals surface area contributed by atoms with Crippen LogP contribution < -0.4 is 5.32 Å².